The molecule has 0 spiro atoms. The average molecular weight is 299 g/mol. The van der Waals surface area contributed by atoms with Crippen LogP contribution in [0.4, 0.5) is 0 Å². The van der Waals surface area contributed by atoms with Gasteiger partial charge < -0.3 is 15.5 Å². The van der Waals surface area contributed by atoms with Crippen LogP contribution >= 0.6 is 0 Å². The van der Waals surface area contributed by atoms with Crippen molar-refractivity contribution in [2.24, 2.45) is 11.3 Å². The quantitative estimate of drug-likeness (QED) is 0.516. The lowest BCUT2D eigenvalue weighted by atomic mass is 10.1. The zero-order valence-corrected chi connectivity index (χ0v) is 13.1. The van der Waals surface area contributed by atoms with Gasteiger partial charge in [0.05, 0.1) is 0 Å². The minimum Gasteiger partial charge on any atom is -0.481 e. The molecule has 0 aromatic carbocycles. The summed E-state index contributed by atoms with van der Waals surface area (Å²) in [6.07, 6.45) is 5.06. The van der Waals surface area contributed by atoms with Gasteiger partial charge in [-0.3, -0.25) is 9.59 Å². The maximum atomic E-state index is 11.8. The van der Waals surface area contributed by atoms with Crippen LogP contribution in [0.2, 0.25) is 0 Å². The van der Waals surface area contributed by atoms with E-state index in [0.29, 0.717) is 6.42 Å². The summed E-state index contributed by atoms with van der Waals surface area (Å²) in [7, 11) is 0. The van der Waals surface area contributed by atoms with Crippen LogP contribution in [0, 0.1) is 11.3 Å². The molecule has 0 aromatic heterocycles. The Morgan fingerprint density at radius 2 is 1.76 bits per heavy atom. The highest BCUT2D eigenvalue weighted by Gasteiger charge is 2.50. The summed E-state index contributed by atoms with van der Waals surface area (Å²) in [5.41, 5.74) is 0.0445. The van der Waals surface area contributed by atoms with Gasteiger partial charge in [0.2, 0.25) is 5.91 Å². The van der Waals surface area contributed by atoms with E-state index in [1.807, 2.05) is 20.8 Å². The minimum absolute atomic E-state index is 0.0196. The SMILES string of the molecule is CC(=O)O.CCCCC=C(NC(=O)[C@H]1CC1(C)C)C(=O)O. The van der Waals surface area contributed by atoms with E-state index in [-0.39, 0.29) is 22.9 Å². The van der Waals surface area contributed by atoms with Crippen molar-refractivity contribution < 1.29 is 24.6 Å². The second kappa shape index (κ2) is 8.44. The molecular formula is C15H25NO5. The van der Waals surface area contributed by atoms with Gasteiger partial charge in [-0.2, -0.15) is 0 Å². The molecule has 0 unspecified atom stereocenters. The third-order valence-corrected chi connectivity index (χ3v) is 3.22. The highest BCUT2D eigenvalue weighted by molar-refractivity contribution is 5.94. The molecule has 0 aromatic rings. The van der Waals surface area contributed by atoms with Gasteiger partial charge in [-0.1, -0.05) is 33.3 Å². The van der Waals surface area contributed by atoms with Crippen molar-refractivity contribution in [2.75, 3.05) is 0 Å². The van der Waals surface area contributed by atoms with Crippen molar-refractivity contribution in [1.82, 2.24) is 5.32 Å². The number of nitrogens with one attached hydrogen (secondary N) is 1. The molecule has 1 amide bonds. The van der Waals surface area contributed by atoms with Crippen LogP contribution in [-0.2, 0) is 14.4 Å². The zero-order chi connectivity index (χ0) is 16.6. The van der Waals surface area contributed by atoms with Gasteiger partial charge in [0.15, 0.2) is 0 Å². The van der Waals surface area contributed by atoms with Crippen LogP contribution in [0.15, 0.2) is 11.8 Å². The molecule has 0 bridgehead atoms. The number of unbranched alkanes of at least 4 members (excludes halogenated alkanes) is 2. The van der Waals surface area contributed by atoms with E-state index in [1.54, 1.807) is 6.08 Å². The molecule has 0 saturated heterocycles. The second-order valence-corrected chi connectivity index (χ2v) is 5.82. The lowest BCUT2D eigenvalue weighted by Crippen LogP contribution is -2.29. The number of carbonyl (C=O) groups is 3. The fourth-order valence-corrected chi connectivity index (χ4v) is 1.78. The number of hydrogen-bond acceptors (Lipinski definition) is 3. The van der Waals surface area contributed by atoms with Crippen LogP contribution in [-0.4, -0.2) is 28.1 Å². The molecule has 1 fully saturated rings. The Kier molecular flexibility index (Phi) is 7.70. The zero-order valence-electron chi connectivity index (χ0n) is 13.1. The first kappa shape index (κ1) is 19.1. The molecule has 6 heteroatoms. The Balaban J connectivity index is 0.000000885. The normalized spacial score (nSPS) is 19.0. The number of carbonyl (C=O) groups excluding carboxylic acids is 1. The molecule has 0 aliphatic heterocycles. The van der Waals surface area contributed by atoms with Crippen LogP contribution in [0.1, 0.15) is 53.4 Å². The smallest absolute Gasteiger partial charge is 0.352 e. The minimum atomic E-state index is -1.06. The molecule has 1 saturated carbocycles. The maximum absolute atomic E-state index is 11.8. The number of rotatable bonds is 6. The number of aliphatic carboxylic acids is 2. The van der Waals surface area contributed by atoms with Crippen LogP contribution in [0.5, 0.6) is 0 Å². The average Bonchev–Trinajstić information content (AvgIpc) is 2.96. The monoisotopic (exact) mass is 299 g/mol. The second-order valence-electron chi connectivity index (χ2n) is 5.82. The van der Waals surface area contributed by atoms with Gasteiger partial charge in [-0.05, 0) is 24.7 Å². The predicted octanol–water partition coefficient (Wildman–Crippen LogP) is 2.40. The number of hydrogen-bond donors (Lipinski definition) is 3. The summed E-state index contributed by atoms with van der Waals surface area (Å²) in [6, 6.07) is 0. The third-order valence-electron chi connectivity index (χ3n) is 3.22. The molecule has 1 aliphatic carbocycles. The predicted molar refractivity (Wildman–Crippen MR) is 78.6 cm³/mol. The van der Waals surface area contributed by atoms with E-state index in [1.165, 1.54) is 0 Å². The van der Waals surface area contributed by atoms with E-state index >= 15 is 0 Å². The first-order valence-corrected chi connectivity index (χ1v) is 7.05. The fourth-order valence-electron chi connectivity index (χ4n) is 1.78. The summed E-state index contributed by atoms with van der Waals surface area (Å²) in [6.45, 7) is 7.15. The molecule has 1 rings (SSSR count). The summed E-state index contributed by atoms with van der Waals surface area (Å²) in [5.74, 6) is -2.11. The van der Waals surface area contributed by atoms with Gasteiger partial charge >= 0.3 is 5.97 Å². The number of carboxylic acids is 2. The third kappa shape index (κ3) is 8.12. The van der Waals surface area contributed by atoms with Gasteiger partial charge in [0, 0.05) is 12.8 Å². The van der Waals surface area contributed by atoms with Gasteiger partial charge in [0.1, 0.15) is 5.70 Å². The Bertz CT molecular complexity index is 422. The molecule has 3 N–H and O–H groups in total. The van der Waals surface area contributed by atoms with Crippen LogP contribution in [0.25, 0.3) is 0 Å². The van der Waals surface area contributed by atoms with E-state index in [4.69, 9.17) is 15.0 Å². The van der Waals surface area contributed by atoms with Gasteiger partial charge in [-0.25, -0.2) is 4.79 Å². The molecule has 21 heavy (non-hydrogen) atoms. The Morgan fingerprint density at radius 1 is 1.29 bits per heavy atom. The Hall–Kier alpha value is -1.85. The Morgan fingerprint density at radius 3 is 2.10 bits per heavy atom. The summed E-state index contributed by atoms with van der Waals surface area (Å²) >= 11 is 0. The van der Waals surface area contributed by atoms with Crippen molar-refractivity contribution in [3.8, 4) is 0 Å². The van der Waals surface area contributed by atoms with E-state index in [9.17, 15) is 9.59 Å². The standard InChI is InChI=1S/C13H21NO3.C2H4O2/c1-4-5-6-7-10(12(16)17)14-11(15)9-8-13(9,2)3;1-2(3)4/h7,9H,4-6,8H2,1-3H3,(H,14,15)(H,16,17);1H3,(H,3,4)/t9-;/m1./s1. The number of carboxylic acid groups (broad SMARTS) is 2. The Labute approximate surface area is 125 Å². The van der Waals surface area contributed by atoms with Crippen molar-refractivity contribution >= 4 is 17.8 Å². The summed E-state index contributed by atoms with van der Waals surface area (Å²) in [4.78, 5) is 31.7. The highest BCUT2D eigenvalue weighted by Crippen LogP contribution is 2.51. The van der Waals surface area contributed by atoms with Gasteiger partial charge in [0.25, 0.3) is 5.97 Å². The van der Waals surface area contributed by atoms with Crippen LogP contribution < -0.4 is 5.32 Å². The summed E-state index contributed by atoms with van der Waals surface area (Å²) < 4.78 is 0. The topological polar surface area (TPSA) is 104 Å². The van der Waals surface area contributed by atoms with Crippen molar-refractivity contribution in [2.45, 2.75) is 53.4 Å². The first-order valence-electron chi connectivity index (χ1n) is 7.05. The summed E-state index contributed by atoms with van der Waals surface area (Å²) in [5, 5.41) is 18.9. The van der Waals surface area contributed by atoms with Crippen molar-refractivity contribution in [3.63, 3.8) is 0 Å². The molecule has 0 heterocycles. The van der Waals surface area contributed by atoms with Crippen molar-refractivity contribution in [1.29, 1.82) is 0 Å². The first-order chi connectivity index (χ1) is 9.61. The lowest BCUT2D eigenvalue weighted by molar-refractivity contribution is -0.135. The number of amides is 1. The maximum Gasteiger partial charge on any atom is 0.352 e. The molecule has 0 radical (unpaired) electrons. The van der Waals surface area contributed by atoms with Crippen molar-refractivity contribution in [3.05, 3.63) is 11.8 Å². The highest BCUT2D eigenvalue weighted by atomic mass is 16.4. The van der Waals surface area contributed by atoms with Gasteiger partial charge in [-0.15, -0.1) is 0 Å². The van der Waals surface area contributed by atoms with Crippen LogP contribution in [0.3, 0.4) is 0 Å². The molecular weight excluding hydrogens is 274 g/mol. The number of allylic oxidation sites excluding steroid dienone is 1. The molecule has 120 valence electrons. The molecule has 1 atom stereocenters. The van der Waals surface area contributed by atoms with E-state index < -0.39 is 11.9 Å². The van der Waals surface area contributed by atoms with E-state index in [2.05, 4.69) is 5.32 Å². The largest absolute Gasteiger partial charge is 0.481 e. The lowest BCUT2D eigenvalue weighted by Gasteiger charge is -2.07. The molecule has 1 aliphatic rings. The van der Waals surface area contributed by atoms with E-state index in [0.717, 1.165) is 26.2 Å². The fraction of sp³-hybridized carbons (Fsp3) is 0.667. The molecule has 6 nitrogen and oxygen atoms in total.